The average molecular weight is 603 g/mol. The Bertz CT molecular complexity index is 1860. The first-order chi connectivity index (χ1) is 22.1. The van der Waals surface area contributed by atoms with Crippen molar-refractivity contribution in [1.82, 2.24) is 0 Å². The lowest BCUT2D eigenvalue weighted by Crippen LogP contribution is -2.23. The Labute approximate surface area is 276 Å². The number of anilines is 6. The molecule has 46 heavy (non-hydrogen) atoms. The van der Waals surface area contributed by atoms with E-state index >= 15 is 0 Å². The van der Waals surface area contributed by atoms with Crippen molar-refractivity contribution in [3.05, 3.63) is 157 Å². The lowest BCUT2D eigenvalue weighted by atomic mass is 9.69. The molecule has 6 aromatic rings. The smallest absolute Gasteiger partial charge is 0.0468 e. The zero-order chi connectivity index (χ0) is 32.3. The minimum atomic E-state index is 0.180. The number of hydrogen-bond acceptors (Lipinski definition) is 2. The van der Waals surface area contributed by atoms with E-state index < -0.39 is 0 Å². The van der Waals surface area contributed by atoms with Gasteiger partial charge in [0.1, 0.15) is 0 Å². The van der Waals surface area contributed by atoms with Gasteiger partial charge in [-0.3, -0.25) is 0 Å². The number of para-hydroxylation sites is 2. The second kappa shape index (κ2) is 12.9. The van der Waals surface area contributed by atoms with Crippen LogP contribution in [0.5, 0.6) is 0 Å². The van der Waals surface area contributed by atoms with Gasteiger partial charge in [0.2, 0.25) is 0 Å². The van der Waals surface area contributed by atoms with Crippen LogP contribution in [0.3, 0.4) is 0 Å². The number of fused-ring (bicyclic) bond motifs is 1. The Morgan fingerprint density at radius 1 is 0.413 bits per heavy atom. The lowest BCUT2D eigenvalue weighted by Gasteiger charge is -2.36. The summed E-state index contributed by atoms with van der Waals surface area (Å²) >= 11 is 0. The molecule has 0 aliphatic carbocycles. The van der Waals surface area contributed by atoms with Gasteiger partial charge in [-0.05, 0) is 112 Å². The van der Waals surface area contributed by atoms with Crippen molar-refractivity contribution in [2.75, 3.05) is 9.80 Å². The van der Waals surface area contributed by atoms with Gasteiger partial charge in [-0.1, -0.05) is 120 Å². The highest BCUT2D eigenvalue weighted by Crippen LogP contribution is 2.45. The van der Waals surface area contributed by atoms with Crippen LogP contribution < -0.4 is 9.80 Å². The Balaban J connectivity index is 1.38. The van der Waals surface area contributed by atoms with Crippen LogP contribution in [0.25, 0.3) is 10.8 Å². The van der Waals surface area contributed by atoms with Crippen molar-refractivity contribution >= 4 is 44.9 Å². The van der Waals surface area contributed by atoms with E-state index in [9.17, 15) is 0 Å². The summed E-state index contributed by atoms with van der Waals surface area (Å²) in [5, 5.41) is 2.47. The van der Waals surface area contributed by atoms with Crippen molar-refractivity contribution in [3.63, 3.8) is 0 Å². The molecule has 0 aliphatic rings. The summed E-state index contributed by atoms with van der Waals surface area (Å²) in [5.41, 5.74) is 8.64. The largest absolute Gasteiger partial charge is 0.311 e. The molecule has 1 atom stereocenters. The molecule has 0 spiro atoms. The molecular formula is C44H46N2. The van der Waals surface area contributed by atoms with Crippen LogP contribution in [0, 0.1) is 10.8 Å². The molecule has 0 radical (unpaired) electrons. The SMILES string of the molecule is CC(C)(C)CC(c1ccc(N(c2ccccc2)c2ccc(N(c3ccccc3)c3ccc4ccccc4c3)cc2)cc1)C(C)(C)C. The van der Waals surface area contributed by atoms with Crippen LogP contribution in [-0.4, -0.2) is 0 Å². The first kappa shape index (κ1) is 31.2. The zero-order valence-electron chi connectivity index (χ0n) is 28.1. The topological polar surface area (TPSA) is 6.48 Å². The summed E-state index contributed by atoms with van der Waals surface area (Å²) in [4.78, 5) is 4.69. The van der Waals surface area contributed by atoms with Crippen LogP contribution >= 0.6 is 0 Å². The molecule has 6 aromatic carbocycles. The van der Waals surface area contributed by atoms with Crippen molar-refractivity contribution in [3.8, 4) is 0 Å². The number of hydrogen-bond donors (Lipinski definition) is 0. The molecule has 6 rings (SSSR count). The minimum Gasteiger partial charge on any atom is -0.311 e. The molecular weight excluding hydrogens is 556 g/mol. The van der Waals surface area contributed by atoms with Gasteiger partial charge in [0.25, 0.3) is 0 Å². The van der Waals surface area contributed by atoms with Crippen molar-refractivity contribution in [1.29, 1.82) is 0 Å². The predicted molar refractivity (Wildman–Crippen MR) is 200 cm³/mol. The molecule has 0 saturated carbocycles. The quantitative estimate of drug-likeness (QED) is 0.171. The Morgan fingerprint density at radius 2 is 0.804 bits per heavy atom. The van der Waals surface area contributed by atoms with Gasteiger partial charge in [0, 0.05) is 34.1 Å². The van der Waals surface area contributed by atoms with Gasteiger partial charge in [0.05, 0.1) is 0 Å². The minimum absolute atomic E-state index is 0.180. The van der Waals surface area contributed by atoms with Crippen LogP contribution in [0.2, 0.25) is 0 Å². The summed E-state index contributed by atoms with van der Waals surface area (Å²) < 4.78 is 0. The van der Waals surface area contributed by atoms with E-state index in [1.807, 2.05) is 0 Å². The molecule has 0 N–H and O–H groups in total. The molecule has 0 heterocycles. The third-order valence-corrected chi connectivity index (χ3v) is 8.80. The van der Waals surface area contributed by atoms with Gasteiger partial charge in [-0.2, -0.15) is 0 Å². The highest BCUT2D eigenvalue weighted by atomic mass is 15.2. The molecule has 0 fully saturated rings. The molecule has 1 unspecified atom stereocenters. The van der Waals surface area contributed by atoms with Gasteiger partial charge in [-0.15, -0.1) is 0 Å². The standard InChI is InChI=1S/C44H46N2/c1-43(2,3)32-42(44(4,5)6)34-22-24-38(25-23-34)45(36-17-9-7-10-18-36)39-27-29-40(30-28-39)46(37-19-11-8-12-20-37)41-26-21-33-15-13-14-16-35(33)31-41/h7-31,42H,32H2,1-6H3. The molecule has 0 bridgehead atoms. The number of benzene rings is 6. The fourth-order valence-electron chi connectivity index (χ4n) is 6.51. The van der Waals surface area contributed by atoms with Gasteiger partial charge < -0.3 is 9.80 Å². The van der Waals surface area contributed by atoms with E-state index in [1.165, 1.54) is 16.3 Å². The van der Waals surface area contributed by atoms with E-state index in [-0.39, 0.29) is 10.8 Å². The van der Waals surface area contributed by atoms with Crippen molar-refractivity contribution in [2.24, 2.45) is 10.8 Å². The van der Waals surface area contributed by atoms with Crippen LogP contribution in [0.15, 0.2) is 152 Å². The Morgan fingerprint density at radius 3 is 1.28 bits per heavy atom. The summed E-state index contributed by atoms with van der Waals surface area (Å²) in [6.45, 7) is 14.1. The summed E-state index contributed by atoms with van der Waals surface area (Å²) in [7, 11) is 0. The highest BCUT2D eigenvalue weighted by molar-refractivity contribution is 5.89. The van der Waals surface area contributed by atoms with Gasteiger partial charge in [-0.25, -0.2) is 0 Å². The van der Waals surface area contributed by atoms with E-state index in [4.69, 9.17) is 0 Å². The first-order valence-corrected chi connectivity index (χ1v) is 16.5. The highest BCUT2D eigenvalue weighted by Gasteiger charge is 2.30. The summed E-state index contributed by atoms with van der Waals surface area (Å²) in [6.07, 6.45) is 1.15. The fraction of sp³-hybridized carbons (Fsp3) is 0.227. The molecule has 0 saturated heterocycles. The molecule has 2 heteroatoms. The van der Waals surface area contributed by atoms with Crippen LogP contribution in [0.4, 0.5) is 34.1 Å². The molecule has 2 nitrogen and oxygen atoms in total. The molecule has 0 amide bonds. The second-order valence-corrected chi connectivity index (χ2v) is 14.7. The summed E-state index contributed by atoms with van der Waals surface area (Å²) in [5.74, 6) is 0.477. The van der Waals surface area contributed by atoms with Crippen molar-refractivity contribution < 1.29 is 0 Å². The Hall–Kier alpha value is -4.82. The predicted octanol–water partition coefficient (Wildman–Crippen LogP) is 13.3. The van der Waals surface area contributed by atoms with E-state index in [0.29, 0.717) is 5.92 Å². The third-order valence-electron chi connectivity index (χ3n) is 8.80. The Kier molecular flexibility index (Phi) is 8.73. The first-order valence-electron chi connectivity index (χ1n) is 16.5. The lowest BCUT2D eigenvalue weighted by molar-refractivity contribution is 0.229. The normalized spacial score (nSPS) is 12.6. The number of rotatable bonds is 8. The zero-order valence-corrected chi connectivity index (χ0v) is 28.1. The maximum absolute atomic E-state index is 2.37. The number of nitrogens with zero attached hydrogens (tertiary/aromatic N) is 2. The maximum Gasteiger partial charge on any atom is 0.0468 e. The van der Waals surface area contributed by atoms with Gasteiger partial charge >= 0.3 is 0 Å². The van der Waals surface area contributed by atoms with Crippen molar-refractivity contribution in [2.45, 2.75) is 53.9 Å². The van der Waals surface area contributed by atoms with E-state index in [0.717, 1.165) is 40.5 Å². The second-order valence-electron chi connectivity index (χ2n) is 14.7. The van der Waals surface area contributed by atoms with E-state index in [1.54, 1.807) is 0 Å². The molecule has 0 aliphatic heterocycles. The van der Waals surface area contributed by atoms with Gasteiger partial charge in [0.15, 0.2) is 0 Å². The monoisotopic (exact) mass is 602 g/mol. The van der Waals surface area contributed by atoms with E-state index in [2.05, 4.69) is 203 Å². The maximum atomic E-state index is 2.37. The van der Waals surface area contributed by atoms with Crippen LogP contribution in [0.1, 0.15) is 59.4 Å². The van der Waals surface area contributed by atoms with Crippen LogP contribution in [-0.2, 0) is 0 Å². The fourth-order valence-corrected chi connectivity index (χ4v) is 6.51. The average Bonchev–Trinajstić information content (AvgIpc) is 3.05. The molecule has 232 valence electrons. The third kappa shape index (κ3) is 7.02. The molecule has 0 aromatic heterocycles. The summed E-state index contributed by atoms with van der Waals surface area (Å²) in [6, 6.07) is 54.8.